The quantitative estimate of drug-likeness (QED) is 0.672. The highest BCUT2D eigenvalue weighted by atomic mass is 79.9. The Bertz CT molecular complexity index is 714. The molecule has 0 aliphatic carbocycles. The average molecular weight is 428 g/mol. The first kappa shape index (κ1) is 19.6. The van der Waals surface area contributed by atoms with E-state index >= 15 is 0 Å². The van der Waals surface area contributed by atoms with E-state index in [1.165, 1.54) is 0 Å². The van der Waals surface area contributed by atoms with Crippen molar-refractivity contribution in [2.75, 3.05) is 18.5 Å². The molecule has 2 heterocycles. The number of rotatable bonds is 8. The Morgan fingerprint density at radius 3 is 2.80 bits per heavy atom. The standard InChI is InChI=1S/C17H20BrClN4O2/c1-3-17(2,11-25-16-13(19)5-4-8-20-16)22-10-15(24)23-14-7-6-12(18)9-21-14/h4-9,22H,3,10-11H2,1-2H3,(H,21,23,24)/t17-/m0/s1. The van der Waals surface area contributed by atoms with Gasteiger partial charge in [0, 0.05) is 22.4 Å². The molecule has 6 nitrogen and oxygen atoms in total. The number of carbonyl (C=O) groups is 1. The van der Waals surface area contributed by atoms with E-state index in [9.17, 15) is 4.79 Å². The lowest BCUT2D eigenvalue weighted by Crippen LogP contribution is -2.49. The van der Waals surface area contributed by atoms with Crippen LogP contribution in [0.3, 0.4) is 0 Å². The van der Waals surface area contributed by atoms with Gasteiger partial charge in [-0.25, -0.2) is 9.97 Å². The third kappa shape index (κ3) is 6.26. The lowest BCUT2D eigenvalue weighted by Gasteiger charge is -2.29. The van der Waals surface area contributed by atoms with Crippen LogP contribution in [0.1, 0.15) is 20.3 Å². The van der Waals surface area contributed by atoms with Crippen molar-refractivity contribution in [1.82, 2.24) is 15.3 Å². The number of hydrogen-bond donors (Lipinski definition) is 2. The minimum absolute atomic E-state index is 0.140. The van der Waals surface area contributed by atoms with Crippen molar-refractivity contribution in [1.29, 1.82) is 0 Å². The summed E-state index contributed by atoms with van der Waals surface area (Å²) in [5.74, 6) is 0.712. The van der Waals surface area contributed by atoms with E-state index in [0.29, 0.717) is 23.3 Å². The largest absolute Gasteiger partial charge is 0.475 e. The smallest absolute Gasteiger partial charge is 0.239 e. The SMILES string of the molecule is CC[C@@](C)(COc1ncccc1Cl)NCC(=O)Nc1ccc(Br)cn1. The Labute approximate surface area is 160 Å². The molecule has 1 amide bonds. The molecule has 0 saturated heterocycles. The summed E-state index contributed by atoms with van der Waals surface area (Å²) in [7, 11) is 0. The summed E-state index contributed by atoms with van der Waals surface area (Å²) in [5, 5.41) is 6.42. The number of hydrogen-bond acceptors (Lipinski definition) is 5. The molecule has 25 heavy (non-hydrogen) atoms. The highest BCUT2D eigenvalue weighted by Crippen LogP contribution is 2.21. The molecular weight excluding hydrogens is 408 g/mol. The number of amides is 1. The van der Waals surface area contributed by atoms with Gasteiger partial charge in [-0.2, -0.15) is 0 Å². The fraction of sp³-hybridized carbons (Fsp3) is 0.353. The van der Waals surface area contributed by atoms with Gasteiger partial charge >= 0.3 is 0 Å². The van der Waals surface area contributed by atoms with Crippen LogP contribution in [0.2, 0.25) is 5.02 Å². The zero-order valence-corrected chi connectivity index (χ0v) is 16.4. The zero-order valence-electron chi connectivity index (χ0n) is 14.1. The molecule has 2 aromatic heterocycles. The van der Waals surface area contributed by atoms with Gasteiger partial charge in [0.15, 0.2) is 0 Å². The molecule has 0 saturated carbocycles. The number of anilines is 1. The summed E-state index contributed by atoms with van der Waals surface area (Å²) in [6.45, 7) is 4.48. The van der Waals surface area contributed by atoms with Crippen LogP contribution in [0, 0.1) is 0 Å². The van der Waals surface area contributed by atoms with E-state index in [4.69, 9.17) is 16.3 Å². The van der Waals surface area contributed by atoms with Crippen LogP contribution in [-0.4, -0.2) is 34.6 Å². The van der Waals surface area contributed by atoms with Gasteiger partial charge in [-0.3, -0.25) is 10.1 Å². The maximum atomic E-state index is 12.1. The molecule has 0 radical (unpaired) electrons. The number of ether oxygens (including phenoxy) is 1. The second kappa shape index (κ2) is 9.12. The fourth-order valence-electron chi connectivity index (χ4n) is 1.91. The molecule has 1 atom stereocenters. The van der Waals surface area contributed by atoms with Gasteiger partial charge in [-0.15, -0.1) is 0 Å². The molecule has 0 aliphatic rings. The van der Waals surface area contributed by atoms with Crippen LogP contribution in [0.25, 0.3) is 0 Å². The number of nitrogens with one attached hydrogen (secondary N) is 2. The van der Waals surface area contributed by atoms with E-state index in [1.807, 2.05) is 19.9 Å². The molecule has 0 aromatic carbocycles. The van der Waals surface area contributed by atoms with Crippen molar-refractivity contribution in [2.45, 2.75) is 25.8 Å². The predicted octanol–water partition coefficient (Wildman–Crippen LogP) is 3.67. The summed E-state index contributed by atoms with van der Waals surface area (Å²) >= 11 is 9.35. The molecule has 2 aromatic rings. The summed E-state index contributed by atoms with van der Waals surface area (Å²) in [6, 6.07) is 7.01. The van der Waals surface area contributed by atoms with Gasteiger partial charge in [0.1, 0.15) is 17.4 Å². The third-order valence-electron chi connectivity index (χ3n) is 3.70. The monoisotopic (exact) mass is 426 g/mol. The average Bonchev–Trinajstić information content (AvgIpc) is 2.61. The minimum Gasteiger partial charge on any atom is -0.475 e. The summed E-state index contributed by atoms with van der Waals surface area (Å²) < 4.78 is 6.56. The zero-order chi connectivity index (χ0) is 18.3. The van der Waals surface area contributed by atoms with Crippen LogP contribution in [-0.2, 0) is 4.79 Å². The lowest BCUT2D eigenvalue weighted by molar-refractivity contribution is -0.115. The molecule has 8 heteroatoms. The molecular formula is C17H20BrClN4O2. The van der Waals surface area contributed by atoms with E-state index in [1.54, 1.807) is 30.6 Å². The number of aromatic nitrogens is 2. The van der Waals surface area contributed by atoms with Crippen LogP contribution < -0.4 is 15.4 Å². The first-order chi connectivity index (χ1) is 11.9. The molecule has 0 aliphatic heterocycles. The Morgan fingerprint density at radius 2 is 2.16 bits per heavy atom. The third-order valence-corrected chi connectivity index (χ3v) is 4.46. The first-order valence-corrected chi connectivity index (χ1v) is 8.99. The van der Waals surface area contributed by atoms with Crippen molar-refractivity contribution in [3.05, 3.63) is 46.2 Å². The number of halogens is 2. The van der Waals surface area contributed by atoms with Gasteiger partial charge in [-0.05, 0) is 53.5 Å². The number of carbonyl (C=O) groups excluding carboxylic acids is 1. The maximum Gasteiger partial charge on any atom is 0.239 e. The molecule has 0 unspecified atom stereocenters. The first-order valence-electron chi connectivity index (χ1n) is 7.81. The Morgan fingerprint density at radius 1 is 1.36 bits per heavy atom. The molecule has 0 spiro atoms. The van der Waals surface area contributed by atoms with Gasteiger partial charge in [0.2, 0.25) is 11.8 Å². The van der Waals surface area contributed by atoms with E-state index in [2.05, 4.69) is 36.5 Å². The topological polar surface area (TPSA) is 76.1 Å². The van der Waals surface area contributed by atoms with Crippen molar-refractivity contribution in [3.63, 3.8) is 0 Å². The normalized spacial score (nSPS) is 13.1. The van der Waals surface area contributed by atoms with E-state index in [0.717, 1.165) is 10.9 Å². The molecule has 2 rings (SSSR count). The summed E-state index contributed by atoms with van der Waals surface area (Å²) in [6.07, 6.45) is 4.02. The fourth-order valence-corrected chi connectivity index (χ4v) is 2.32. The molecule has 0 bridgehead atoms. The van der Waals surface area contributed by atoms with Crippen molar-refractivity contribution < 1.29 is 9.53 Å². The van der Waals surface area contributed by atoms with E-state index in [-0.39, 0.29) is 12.5 Å². The molecule has 0 fully saturated rings. The minimum atomic E-state index is -0.397. The van der Waals surface area contributed by atoms with Gasteiger partial charge in [-0.1, -0.05) is 18.5 Å². The molecule has 134 valence electrons. The van der Waals surface area contributed by atoms with Crippen molar-refractivity contribution in [3.8, 4) is 5.88 Å². The summed E-state index contributed by atoms with van der Waals surface area (Å²) in [5.41, 5.74) is -0.397. The van der Waals surface area contributed by atoms with Crippen molar-refractivity contribution >= 4 is 39.3 Å². The highest BCUT2D eigenvalue weighted by Gasteiger charge is 2.24. The van der Waals surface area contributed by atoms with Gasteiger partial charge in [0.25, 0.3) is 0 Å². The number of pyridine rings is 2. The van der Waals surface area contributed by atoms with E-state index < -0.39 is 5.54 Å². The second-order valence-electron chi connectivity index (χ2n) is 5.76. The number of nitrogens with zero attached hydrogens (tertiary/aromatic N) is 2. The van der Waals surface area contributed by atoms with Crippen LogP contribution in [0.4, 0.5) is 5.82 Å². The second-order valence-corrected chi connectivity index (χ2v) is 7.08. The van der Waals surface area contributed by atoms with Gasteiger partial charge in [0.05, 0.1) is 6.54 Å². The Balaban J connectivity index is 1.86. The van der Waals surface area contributed by atoms with Crippen LogP contribution >= 0.6 is 27.5 Å². The highest BCUT2D eigenvalue weighted by molar-refractivity contribution is 9.10. The lowest BCUT2D eigenvalue weighted by atomic mass is 10.0. The molecule has 2 N–H and O–H groups in total. The summed E-state index contributed by atoms with van der Waals surface area (Å²) in [4.78, 5) is 20.3. The maximum absolute atomic E-state index is 12.1. The van der Waals surface area contributed by atoms with Gasteiger partial charge < -0.3 is 10.1 Å². The van der Waals surface area contributed by atoms with Crippen molar-refractivity contribution in [2.24, 2.45) is 0 Å². The van der Waals surface area contributed by atoms with Crippen LogP contribution in [0.5, 0.6) is 5.88 Å². The Hall–Kier alpha value is -1.70. The predicted molar refractivity (Wildman–Crippen MR) is 102 cm³/mol. The Kier molecular flexibility index (Phi) is 7.16. The van der Waals surface area contributed by atoms with Crippen LogP contribution in [0.15, 0.2) is 41.1 Å².